The molecule has 2 aromatic heterocycles. The number of hydrogen-bond acceptors (Lipinski definition) is 3. The highest BCUT2D eigenvalue weighted by Crippen LogP contribution is 2.19. The molecular formula is C15H13N3O. The second-order valence-electron chi connectivity index (χ2n) is 4.09. The number of methoxy groups -OCH3 is 1. The van der Waals surface area contributed by atoms with Crippen LogP contribution in [0, 0.1) is 0 Å². The fourth-order valence-electron chi connectivity index (χ4n) is 1.85. The molecule has 0 spiro atoms. The van der Waals surface area contributed by atoms with Crippen molar-refractivity contribution in [3.63, 3.8) is 0 Å². The van der Waals surface area contributed by atoms with Crippen LogP contribution >= 0.6 is 0 Å². The molecule has 3 rings (SSSR count). The molecule has 0 aliphatic heterocycles. The van der Waals surface area contributed by atoms with Crippen LogP contribution < -0.4 is 4.74 Å². The van der Waals surface area contributed by atoms with Crippen molar-refractivity contribution in [2.24, 2.45) is 4.99 Å². The summed E-state index contributed by atoms with van der Waals surface area (Å²) in [6, 6.07) is 13.5. The van der Waals surface area contributed by atoms with Gasteiger partial charge in [0, 0.05) is 18.5 Å². The fraction of sp³-hybridized carbons (Fsp3) is 0.0667. The van der Waals surface area contributed by atoms with Gasteiger partial charge in [0.15, 0.2) is 0 Å². The topological polar surface area (TPSA) is 38.9 Å². The summed E-state index contributed by atoms with van der Waals surface area (Å²) in [4.78, 5) is 8.85. The Morgan fingerprint density at radius 1 is 1.21 bits per heavy atom. The third kappa shape index (κ3) is 2.47. The van der Waals surface area contributed by atoms with Gasteiger partial charge in [-0.25, -0.2) is 4.98 Å². The van der Waals surface area contributed by atoms with Crippen LogP contribution in [-0.2, 0) is 0 Å². The number of hydrogen-bond donors (Lipinski definition) is 0. The minimum Gasteiger partial charge on any atom is -0.497 e. The first-order valence-corrected chi connectivity index (χ1v) is 5.97. The molecule has 0 amide bonds. The lowest BCUT2D eigenvalue weighted by Gasteiger charge is -1.98. The molecule has 0 unspecified atom stereocenters. The van der Waals surface area contributed by atoms with E-state index in [4.69, 9.17) is 4.74 Å². The normalized spacial score (nSPS) is 11.2. The Balaban J connectivity index is 1.88. The number of fused-ring (bicyclic) bond motifs is 1. The standard InChI is InChI=1S/C15H13N3O/c1-19-14-6-4-5-12(9-14)16-10-13-11-18-8-3-2-7-15(18)17-13/h2-11H,1H3/b16-10+. The molecule has 94 valence electrons. The second kappa shape index (κ2) is 4.94. The summed E-state index contributed by atoms with van der Waals surface area (Å²) >= 11 is 0. The van der Waals surface area contributed by atoms with Gasteiger partial charge in [0.1, 0.15) is 17.1 Å². The van der Waals surface area contributed by atoms with Crippen molar-refractivity contribution in [2.75, 3.05) is 7.11 Å². The SMILES string of the molecule is COc1cccc(/N=C/c2cn3ccccc3n2)c1. The number of aliphatic imine (C=N–C) groups is 1. The maximum atomic E-state index is 5.16. The number of pyridine rings is 1. The van der Waals surface area contributed by atoms with Crippen molar-refractivity contribution >= 4 is 17.5 Å². The van der Waals surface area contributed by atoms with Crippen molar-refractivity contribution in [3.8, 4) is 5.75 Å². The number of aromatic nitrogens is 2. The molecule has 0 radical (unpaired) electrons. The third-order valence-corrected chi connectivity index (χ3v) is 2.78. The summed E-state index contributed by atoms with van der Waals surface area (Å²) < 4.78 is 7.13. The minimum atomic E-state index is 0.796. The zero-order valence-corrected chi connectivity index (χ0v) is 10.5. The summed E-state index contributed by atoms with van der Waals surface area (Å²) in [5, 5.41) is 0. The number of rotatable bonds is 3. The Morgan fingerprint density at radius 2 is 2.16 bits per heavy atom. The Labute approximate surface area is 111 Å². The molecule has 4 heteroatoms. The van der Waals surface area contributed by atoms with Gasteiger partial charge in [0.05, 0.1) is 19.0 Å². The molecule has 0 saturated carbocycles. The van der Waals surface area contributed by atoms with E-state index in [0.717, 1.165) is 22.8 Å². The van der Waals surface area contributed by atoms with Gasteiger partial charge in [0.2, 0.25) is 0 Å². The van der Waals surface area contributed by atoms with Crippen molar-refractivity contribution in [1.82, 2.24) is 9.38 Å². The van der Waals surface area contributed by atoms with E-state index in [1.807, 2.05) is 59.3 Å². The van der Waals surface area contributed by atoms with Gasteiger partial charge in [-0.05, 0) is 24.3 Å². The summed E-state index contributed by atoms with van der Waals surface area (Å²) in [5.74, 6) is 0.796. The van der Waals surface area contributed by atoms with Crippen LogP contribution in [0.15, 0.2) is 59.9 Å². The van der Waals surface area contributed by atoms with Gasteiger partial charge in [0.25, 0.3) is 0 Å². The molecule has 0 saturated heterocycles. The summed E-state index contributed by atoms with van der Waals surface area (Å²) in [6.07, 6.45) is 5.66. The predicted molar refractivity (Wildman–Crippen MR) is 75.4 cm³/mol. The van der Waals surface area contributed by atoms with Gasteiger partial charge in [-0.15, -0.1) is 0 Å². The quantitative estimate of drug-likeness (QED) is 0.671. The predicted octanol–water partition coefficient (Wildman–Crippen LogP) is 3.09. The second-order valence-corrected chi connectivity index (χ2v) is 4.09. The molecule has 4 nitrogen and oxygen atoms in total. The van der Waals surface area contributed by atoms with E-state index in [1.54, 1.807) is 13.3 Å². The number of nitrogens with zero attached hydrogens (tertiary/aromatic N) is 3. The zero-order valence-electron chi connectivity index (χ0n) is 10.5. The van der Waals surface area contributed by atoms with E-state index in [9.17, 15) is 0 Å². The Kier molecular flexibility index (Phi) is 2.98. The fourth-order valence-corrected chi connectivity index (χ4v) is 1.85. The Hall–Kier alpha value is -2.62. The molecule has 19 heavy (non-hydrogen) atoms. The van der Waals surface area contributed by atoms with Gasteiger partial charge < -0.3 is 9.14 Å². The first-order chi connectivity index (χ1) is 9.35. The number of imidazole rings is 1. The van der Waals surface area contributed by atoms with Crippen LogP contribution in [0.4, 0.5) is 5.69 Å². The van der Waals surface area contributed by atoms with Gasteiger partial charge in [-0.3, -0.25) is 4.99 Å². The van der Waals surface area contributed by atoms with Gasteiger partial charge in [-0.1, -0.05) is 12.1 Å². The third-order valence-electron chi connectivity index (χ3n) is 2.78. The first-order valence-electron chi connectivity index (χ1n) is 5.97. The molecule has 2 heterocycles. The molecule has 0 aliphatic carbocycles. The molecule has 0 fully saturated rings. The van der Waals surface area contributed by atoms with E-state index >= 15 is 0 Å². The van der Waals surface area contributed by atoms with Gasteiger partial charge in [-0.2, -0.15) is 0 Å². The molecule has 0 N–H and O–H groups in total. The summed E-state index contributed by atoms with van der Waals surface area (Å²) in [5.41, 5.74) is 2.58. The van der Waals surface area contributed by atoms with E-state index in [1.165, 1.54) is 0 Å². The van der Waals surface area contributed by atoms with E-state index in [-0.39, 0.29) is 0 Å². The number of benzene rings is 1. The van der Waals surface area contributed by atoms with Crippen LogP contribution in [-0.4, -0.2) is 22.7 Å². The van der Waals surface area contributed by atoms with E-state index in [0.29, 0.717) is 0 Å². The average Bonchev–Trinajstić information content (AvgIpc) is 2.88. The van der Waals surface area contributed by atoms with Crippen LogP contribution in [0.1, 0.15) is 5.69 Å². The van der Waals surface area contributed by atoms with Crippen molar-refractivity contribution in [2.45, 2.75) is 0 Å². The summed E-state index contributed by atoms with van der Waals surface area (Å²) in [6.45, 7) is 0. The molecule has 3 aromatic rings. The number of ether oxygens (including phenoxy) is 1. The van der Waals surface area contributed by atoms with E-state index in [2.05, 4.69) is 9.98 Å². The average molecular weight is 251 g/mol. The largest absolute Gasteiger partial charge is 0.497 e. The molecule has 1 aromatic carbocycles. The van der Waals surface area contributed by atoms with Crippen molar-refractivity contribution in [1.29, 1.82) is 0 Å². The van der Waals surface area contributed by atoms with Crippen molar-refractivity contribution < 1.29 is 4.74 Å². The Bertz CT molecular complexity index is 698. The van der Waals surface area contributed by atoms with Crippen LogP contribution in [0.5, 0.6) is 5.75 Å². The zero-order chi connectivity index (χ0) is 13.1. The molecular weight excluding hydrogens is 238 g/mol. The van der Waals surface area contributed by atoms with Gasteiger partial charge >= 0.3 is 0 Å². The van der Waals surface area contributed by atoms with Crippen LogP contribution in [0.2, 0.25) is 0 Å². The smallest absolute Gasteiger partial charge is 0.137 e. The molecule has 0 atom stereocenters. The molecule has 0 bridgehead atoms. The van der Waals surface area contributed by atoms with Crippen molar-refractivity contribution in [3.05, 3.63) is 60.6 Å². The lowest BCUT2D eigenvalue weighted by Crippen LogP contribution is -1.82. The van der Waals surface area contributed by atoms with Crippen LogP contribution in [0.3, 0.4) is 0 Å². The minimum absolute atomic E-state index is 0.796. The highest BCUT2D eigenvalue weighted by Gasteiger charge is 1.98. The van der Waals surface area contributed by atoms with E-state index < -0.39 is 0 Å². The molecule has 0 aliphatic rings. The maximum absolute atomic E-state index is 5.16. The lowest BCUT2D eigenvalue weighted by atomic mass is 10.3. The van der Waals surface area contributed by atoms with Crippen LogP contribution in [0.25, 0.3) is 5.65 Å². The summed E-state index contributed by atoms with van der Waals surface area (Å²) in [7, 11) is 1.64. The highest BCUT2D eigenvalue weighted by atomic mass is 16.5. The monoisotopic (exact) mass is 251 g/mol. The lowest BCUT2D eigenvalue weighted by molar-refractivity contribution is 0.415. The first kappa shape index (κ1) is 11.5. The Morgan fingerprint density at radius 3 is 3.00 bits per heavy atom. The maximum Gasteiger partial charge on any atom is 0.137 e. The highest BCUT2D eigenvalue weighted by molar-refractivity contribution is 5.80.